The van der Waals surface area contributed by atoms with Crippen molar-refractivity contribution in [1.29, 1.82) is 0 Å². The molecule has 0 heterocycles. The Kier molecular flexibility index (Phi) is 5.66. The van der Waals surface area contributed by atoms with Crippen molar-refractivity contribution in [3.63, 3.8) is 0 Å². The summed E-state index contributed by atoms with van der Waals surface area (Å²) in [5.41, 5.74) is 2.46. The predicted molar refractivity (Wildman–Crippen MR) is 63.2 cm³/mol. The Balaban J connectivity index is 2.42. The number of benzene rings is 1. The maximum absolute atomic E-state index is 11.6. The van der Waals surface area contributed by atoms with Gasteiger partial charge < -0.3 is 4.74 Å². The van der Waals surface area contributed by atoms with Crippen LogP contribution in [0, 0.1) is 20.5 Å². The molecule has 0 aliphatic rings. The zero-order chi connectivity index (χ0) is 12.7. The number of hydrogen-bond acceptors (Lipinski definition) is 4. The lowest BCUT2D eigenvalue weighted by molar-refractivity contribution is -0.218. The highest BCUT2D eigenvalue weighted by Gasteiger charge is 2.11. The van der Waals surface area contributed by atoms with Crippen molar-refractivity contribution in [2.75, 3.05) is 13.2 Å². The van der Waals surface area contributed by atoms with Gasteiger partial charge in [-0.15, -0.1) is 0 Å². The van der Waals surface area contributed by atoms with E-state index in [-0.39, 0.29) is 6.61 Å². The molecule has 0 fully saturated rings. The van der Waals surface area contributed by atoms with Crippen molar-refractivity contribution >= 4 is 5.97 Å². The van der Waals surface area contributed by atoms with Crippen LogP contribution in [0.2, 0.25) is 0 Å². The summed E-state index contributed by atoms with van der Waals surface area (Å²) in [7, 11) is 0. The zero-order valence-electron chi connectivity index (χ0n) is 10.4. The zero-order valence-corrected chi connectivity index (χ0v) is 10.4. The van der Waals surface area contributed by atoms with Crippen LogP contribution >= 0.6 is 0 Å². The molecule has 93 valence electrons. The molecule has 0 atom stereocenters. The van der Waals surface area contributed by atoms with Crippen molar-refractivity contribution in [1.82, 2.24) is 0 Å². The number of carbonyl (C=O) groups is 1. The summed E-state index contributed by atoms with van der Waals surface area (Å²) in [4.78, 5) is 20.9. The Labute approximate surface area is 101 Å². The first kappa shape index (κ1) is 13.7. The second-order valence-electron chi connectivity index (χ2n) is 3.61. The number of carbonyl (C=O) groups excluding carboxylic acids is 1. The molecule has 4 heteroatoms. The van der Waals surface area contributed by atoms with Gasteiger partial charge in [-0.25, -0.2) is 4.79 Å². The fourth-order valence-electron chi connectivity index (χ4n) is 1.36. The fraction of sp³-hybridized carbons (Fsp3) is 0.385. The average Bonchev–Trinajstić information content (AvgIpc) is 2.28. The number of aryl methyl sites for hydroxylation is 2. The van der Waals surface area contributed by atoms with Gasteiger partial charge in [-0.2, -0.15) is 4.89 Å². The molecule has 1 aromatic rings. The Morgan fingerprint density at radius 1 is 1.35 bits per heavy atom. The molecule has 1 rings (SSSR count). The van der Waals surface area contributed by atoms with Gasteiger partial charge in [0.1, 0.15) is 0 Å². The van der Waals surface area contributed by atoms with E-state index in [1.165, 1.54) is 6.61 Å². The topological polar surface area (TPSA) is 44.8 Å². The first-order valence-electron chi connectivity index (χ1n) is 5.49. The van der Waals surface area contributed by atoms with Crippen LogP contribution in [-0.4, -0.2) is 19.2 Å². The largest absolute Gasteiger partial charge is 0.379 e. The van der Waals surface area contributed by atoms with Crippen molar-refractivity contribution in [3.8, 4) is 0 Å². The maximum atomic E-state index is 11.6. The molecule has 17 heavy (non-hydrogen) atoms. The molecule has 0 aliphatic heterocycles. The molecule has 1 aromatic carbocycles. The van der Waals surface area contributed by atoms with Gasteiger partial charge in [0.05, 0.1) is 12.2 Å². The Morgan fingerprint density at radius 3 is 2.76 bits per heavy atom. The van der Waals surface area contributed by atoms with Crippen molar-refractivity contribution in [2.24, 2.45) is 0 Å². The minimum absolute atomic E-state index is 0.288. The fourth-order valence-corrected chi connectivity index (χ4v) is 1.36. The van der Waals surface area contributed by atoms with Crippen LogP contribution in [-0.2, 0) is 14.5 Å². The van der Waals surface area contributed by atoms with E-state index in [2.05, 4.69) is 9.78 Å². The molecule has 1 radical (unpaired) electrons. The molecule has 0 saturated carbocycles. The quantitative estimate of drug-likeness (QED) is 0.433. The highest BCUT2D eigenvalue weighted by Crippen LogP contribution is 2.12. The van der Waals surface area contributed by atoms with Crippen LogP contribution in [0.15, 0.2) is 18.2 Å². The SMILES string of the molecule is CCOC[CH]OOC(=O)c1ccc(C)cc1C. The lowest BCUT2D eigenvalue weighted by Gasteiger charge is -2.06. The number of rotatable bonds is 6. The highest BCUT2D eigenvalue weighted by molar-refractivity contribution is 5.90. The van der Waals surface area contributed by atoms with Crippen LogP contribution in [0.3, 0.4) is 0 Å². The lowest BCUT2D eigenvalue weighted by Crippen LogP contribution is -2.08. The molecular formula is C13H17O4. The van der Waals surface area contributed by atoms with E-state index in [0.29, 0.717) is 12.2 Å². The summed E-state index contributed by atoms with van der Waals surface area (Å²) in [6.45, 7) is 7.87. The summed E-state index contributed by atoms with van der Waals surface area (Å²) in [5.74, 6) is -0.504. The first-order chi connectivity index (χ1) is 8.15. The Morgan fingerprint density at radius 2 is 2.12 bits per heavy atom. The molecule has 0 aromatic heterocycles. The predicted octanol–water partition coefficient (Wildman–Crippen LogP) is 2.59. The van der Waals surface area contributed by atoms with Crippen LogP contribution < -0.4 is 0 Å². The summed E-state index contributed by atoms with van der Waals surface area (Å²) >= 11 is 0. The van der Waals surface area contributed by atoms with Crippen LogP contribution in [0.4, 0.5) is 0 Å². The van der Waals surface area contributed by atoms with Gasteiger partial charge >= 0.3 is 5.97 Å². The molecule has 0 N–H and O–H groups in total. The average molecular weight is 237 g/mol. The van der Waals surface area contributed by atoms with Gasteiger partial charge in [-0.3, -0.25) is 4.89 Å². The van der Waals surface area contributed by atoms with Crippen LogP contribution in [0.5, 0.6) is 0 Å². The Hall–Kier alpha value is -1.39. The monoisotopic (exact) mass is 237 g/mol. The molecule has 0 amide bonds. The van der Waals surface area contributed by atoms with Gasteiger partial charge in [-0.05, 0) is 32.4 Å². The maximum Gasteiger partial charge on any atom is 0.373 e. The van der Waals surface area contributed by atoms with E-state index in [9.17, 15) is 4.79 Å². The Bertz CT molecular complexity index is 374. The molecule has 0 bridgehead atoms. The molecule has 0 unspecified atom stereocenters. The van der Waals surface area contributed by atoms with E-state index < -0.39 is 5.97 Å². The normalized spacial score (nSPS) is 10.3. The summed E-state index contributed by atoms with van der Waals surface area (Å²) < 4.78 is 4.99. The molecule has 0 spiro atoms. The third-order valence-corrected chi connectivity index (χ3v) is 2.18. The van der Waals surface area contributed by atoms with E-state index in [1.807, 2.05) is 32.9 Å². The van der Waals surface area contributed by atoms with Gasteiger partial charge in [-0.1, -0.05) is 17.7 Å². The van der Waals surface area contributed by atoms with E-state index in [0.717, 1.165) is 11.1 Å². The minimum atomic E-state index is -0.504. The lowest BCUT2D eigenvalue weighted by atomic mass is 10.1. The minimum Gasteiger partial charge on any atom is -0.379 e. The highest BCUT2D eigenvalue weighted by atomic mass is 17.2. The first-order valence-corrected chi connectivity index (χ1v) is 5.49. The number of ether oxygens (including phenoxy) is 1. The second kappa shape index (κ2) is 7.04. The van der Waals surface area contributed by atoms with E-state index >= 15 is 0 Å². The van der Waals surface area contributed by atoms with Gasteiger partial charge in [0.15, 0.2) is 6.61 Å². The molecule has 4 nitrogen and oxygen atoms in total. The third-order valence-electron chi connectivity index (χ3n) is 2.18. The van der Waals surface area contributed by atoms with E-state index in [1.54, 1.807) is 6.07 Å². The van der Waals surface area contributed by atoms with Crippen molar-refractivity contribution in [2.45, 2.75) is 20.8 Å². The summed E-state index contributed by atoms with van der Waals surface area (Å²) in [5, 5.41) is 0. The second-order valence-corrected chi connectivity index (χ2v) is 3.61. The van der Waals surface area contributed by atoms with Crippen molar-refractivity contribution in [3.05, 3.63) is 41.5 Å². The molecular weight excluding hydrogens is 220 g/mol. The standard InChI is InChI=1S/C13H17O4/c1-4-15-7-8-16-17-13(14)12-6-5-10(2)9-11(12)3/h5-6,8-9H,4,7H2,1-3H3. The third kappa shape index (κ3) is 4.54. The smallest absolute Gasteiger partial charge is 0.373 e. The van der Waals surface area contributed by atoms with E-state index in [4.69, 9.17) is 4.74 Å². The van der Waals surface area contributed by atoms with Gasteiger partial charge in [0, 0.05) is 6.61 Å². The summed E-state index contributed by atoms with van der Waals surface area (Å²) in [6.07, 6.45) is 0. The van der Waals surface area contributed by atoms with Gasteiger partial charge in [0.2, 0.25) is 0 Å². The van der Waals surface area contributed by atoms with Gasteiger partial charge in [0.25, 0.3) is 0 Å². The van der Waals surface area contributed by atoms with Crippen molar-refractivity contribution < 1.29 is 19.3 Å². The molecule has 0 saturated heterocycles. The molecule has 0 aliphatic carbocycles. The number of hydrogen-bond donors (Lipinski definition) is 0. The van der Waals surface area contributed by atoms with Crippen LogP contribution in [0.1, 0.15) is 28.4 Å². The summed E-state index contributed by atoms with van der Waals surface area (Å²) in [6, 6.07) is 5.49. The van der Waals surface area contributed by atoms with Crippen LogP contribution in [0.25, 0.3) is 0 Å².